The quantitative estimate of drug-likeness (QED) is 0.830. The van der Waals surface area contributed by atoms with Crippen LogP contribution in [0.5, 0.6) is 0 Å². The van der Waals surface area contributed by atoms with E-state index in [9.17, 15) is 0 Å². The summed E-state index contributed by atoms with van der Waals surface area (Å²) in [4.78, 5) is 2.44. The van der Waals surface area contributed by atoms with Crippen LogP contribution in [0.15, 0.2) is 30.5 Å². The van der Waals surface area contributed by atoms with E-state index in [4.69, 9.17) is 5.73 Å². The van der Waals surface area contributed by atoms with Crippen molar-refractivity contribution in [2.75, 3.05) is 31.6 Å². The van der Waals surface area contributed by atoms with E-state index >= 15 is 0 Å². The molecule has 17 heavy (non-hydrogen) atoms. The molecule has 3 heteroatoms. The molecule has 1 fully saturated rings. The highest BCUT2D eigenvalue weighted by molar-refractivity contribution is 5.70. The van der Waals surface area contributed by atoms with Gasteiger partial charge in [0, 0.05) is 38.6 Å². The van der Waals surface area contributed by atoms with Crippen molar-refractivity contribution in [2.45, 2.75) is 12.8 Å². The smallest absolute Gasteiger partial charge is 0.0372 e. The summed E-state index contributed by atoms with van der Waals surface area (Å²) in [7, 11) is 1.90. The number of benzene rings is 1. The topological polar surface area (TPSA) is 41.3 Å². The largest absolute Gasteiger partial charge is 0.394 e. The second kappa shape index (κ2) is 5.73. The summed E-state index contributed by atoms with van der Waals surface area (Å²) >= 11 is 0. The molecule has 1 aliphatic rings. The Hall–Kier alpha value is -1.48. The van der Waals surface area contributed by atoms with Crippen LogP contribution in [-0.2, 0) is 0 Å². The Kier molecular flexibility index (Phi) is 4.04. The fourth-order valence-electron chi connectivity index (χ4n) is 2.31. The summed E-state index contributed by atoms with van der Waals surface area (Å²) in [5, 5.41) is 3.05. The Morgan fingerprint density at radius 1 is 1.41 bits per heavy atom. The lowest BCUT2D eigenvalue weighted by atomic mass is 10.1. The van der Waals surface area contributed by atoms with Crippen LogP contribution in [0, 0.1) is 0 Å². The van der Waals surface area contributed by atoms with Gasteiger partial charge in [0.05, 0.1) is 0 Å². The number of anilines is 1. The molecule has 0 unspecified atom stereocenters. The number of nitrogens with one attached hydrogen (secondary N) is 1. The summed E-state index contributed by atoms with van der Waals surface area (Å²) in [6.45, 7) is 2.92. The van der Waals surface area contributed by atoms with Gasteiger partial charge in [-0.25, -0.2) is 0 Å². The minimum Gasteiger partial charge on any atom is -0.394 e. The van der Waals surface area contributed by atoms with E-state index in [-0.39, 0.29) is 0 Å². The van der Waals surface area contributed by atoms with Crippen LogP contribution < -0.4 is 16.0 Å². The normalized spacial score (nSPS) is 16.4. The molecule has 3 nitrogen and oxygen atoms in total. The maximum absolute atomic E-state index is 5.77. The lowest BCUT2D eigenvalue weighted by molar-refractivity contribution is 0.949. The minimum atomic E-state index is 0.560. The van der Waals surface area contributed by atoms with Gasteiger partial charge in [-0.2, -0.15) is 0 Å². The van der Waals surface area contributed by atoms with Crippen LogP contribution in [0.1, 0.15) is 18.4 Å². The SMILES string of the molecule is CN/C=C(\CN)c1cccc(N2CCCC2)c1. The van der Waals surface area contributed by atoms with E-state index in [1.807, 2.05) is 13.2 Å². The van der Waals surface area contributed by atoms with Crippen LogP contribution in [0.4, 0.5) is 5.69 Å². The van der Waals surface area contributed by atoms with Crippen molar-refractivity contribution in [3.63, 3.8) is 0 Å². The van der Waals surface area contributed by atoms with Crippen molar-refractivity contribution < 1.29 is 0 Å². The zero-order chi connectivity index (χ0) is 12.1. The van der Waals surface area contributed by atoms with E-state index in [1.54, 1.807) is 0 Å². The first-order valence-corrected chi connectivity index (χ1v) is 6.27. The highest BCUT2D eigenvalue weighted by Gasteiger charge is 2.12. The molecular formula is C14H21N3. The first-order chi connectivity index (χ1) is 8.35. The first kappa shape index (κ1) is 12.0. The van der Waals surface area contributed by atoms with Crippen molar-refractivity contribution in [3.05, 3.63) is 36.0 Å². The Bertz CT molecular complexity index is 392. The number of nitrogens with two attached hydrogens (primary N) is 1. The van der Waals surface area contributed by atoms with E-state index < -0.39 is 0 Å². The fraction of sp³-hybridized carbons (Fsp3) is 0.429. The molecular weight excluding hydrogens is 210 g/mol. The van der Waals surface area contributed by atoms with E-state index in [0.29, 0.717) is 6.54 Å². The summed E-state index contributed by atoms with van der Waals surface area (Å²) in [5.74, 6) is 0. The molecule has 0 radical (unpaired) electrons. The van der Waals surface area contributed by atoms with Crippen LogP contribution in [0.25, 0.3) is 5.57 Å². The van der Waals surface area contributed by atoms with E-state index in [1.165, 1.54) is 37.2 Å². The van der Waals surface area contributed by atoms with Gasteiger partial charge in [-0.05, 0) is 36.1 Å². The van der Waals surface area contributed by atoms with Gasteiger partial charge in [-0.15, -0.1) is 0 Å². The molecule has 0 atom stereocenters. The Morgan fingerprint density at radius 2 is 2.18 bits per heavy atom. The molecule has 0 saturated carbocycles. The Balaban J connectivity index is 2.23. The van der Waals surface area contributed by atoms with Crippen LogP contribution in [0.3, 0.4) is 0 Å². The van der Waals surface area contributed by atoms with Gasteiger partial charge in [0.1, 0.15) is 0 Å². The van der Waals surface area contributed by atoms with Gasteiger partial charge in [-0.1, -0.05) is 12.1 Å². The van der Waals surface area contributed by atoms with E-state index in [2.05, 4.69) is 34.5 Å². The third kappa shape index (κ3) is 2.80. The predicted octanol–water partition coefficient (Wildman–Crippen LogP) is 1.81. The highest BCUT2D eigenvalue weighted by Crippen LogP contribution is 2.23. The van der Waals surface area contributed by atoms with Crippen molar-refractivity contribution in [1.82, 2.24) is 5.32 Å². The van der Waals surface area contributed by atoms with Crippen LogP contribution in [0.2, 0.25) is 0 Å². The van der Waals surface area contributed by atoms with Gasteiger partial charge in [0.2, 0.25) is 0 Å². The van der Waals surface area contributed by atoms with Crippen molar-refractivity contribution >= 4 is 11.3 Å². The van der Waals surface area contributed by atoms with Crippen molar-refractivity contribution in [1.29, 1.82) is 0 Å². The zero-order valence-electron chi connectivity index (χ0n) is 10.4. The molecule has 0 aliphatic carbocycles. The number of rotatable bonds is 4. The number of hydrogen-bond acceptors (Lipinski definition) is 3. The van der Waals surface area contributed by atoms with Crippen LogP contribution >= 0.6 is 0 Å². The summed E-state index contributed by atoms with van der Waals surface area (Å²) < 4.78 is 0. The average Bonchev–Trinajstić information content (AvgIpc) is 2.90. The lowest BCUT2D eigenvalue weighted by Gasteiger charge is -2.18. The maximum atomic E-state index is 5.77. The molecule has 1 aromatic carbocycles. The van der Waals surface area contributed by atoms with Crippen LogP contribution in [-0.4, -0.2) is 26.7 Å². The molecule has 1 saturated heterocycles. The van der Waals surface area contributed by atoms with Gasteiger partial charge in [0.15, 0.2) is 0 Å². The zero-order valence-corrected chi connectivity index (χ0v) is 10.4. The van der Waals surface area contributed by atoms with Gasteiger partial charge < -0.3 is 16.0 Å². The molecule has 2 rings (SSSR count). The molecule has 92 valence electrons. The second-order valence-electron chi connectivity index (χ2n) is 4.41. The fourth-order valence-corrected chi connectivity index (χ4v) is 2.31. The summed E-state index contributed by atoms with van der Waals surface area (Å²) in [6, 6.07) is 8.65. The molecule has 1 heterocycles. The standard InChI is InChI=1S/C14H21N3/c1-16-11-13(10-15)12-5-4-6-14(9-12)17-7-2-3-8-17/h4-6,9,11,16H,2-3,7-8,10,15H2,1H3/b13-11+. The van der Waals surface area contributed by atoms with Crippen molar-refractivity contribution in [2.24, 2.45) is 5.73 Å². The third-order valence-corrected chi connectivity index (χ3v) is 3.23. The monoisotopic (exact) mass is 231 g/mol. The predicted molar refractivity (Wildman–Crippen MR) is 74.0 cm³/mol. The van der Waals surface area contributed by atoms with Gasteiger partial charge >= 0.3 is 0 Å². The maximum Gasteiger partial charge on any atom is 0.0372 e. The third-order valence-electron chi connectivity index (χ3n) is 3.23. The first-order valence-electron chi connectivity index (χ1n) is 6.27. The number of hydrogen-bond donors (Lipinski definition) is 2. The minimum absolute atomic E-state index is 0.560. The lowest BCUT2D eigenvalue weighted by Crippen LogP contribution is -2.17. The number of nitrogens with zero attached hydrogens (tertiary/aromatic N) is 1. The molecule has 3 N–H and O–H groups in total. The molecule has 0 bridgehead atoms. The second-order valence-corrected chi connectivity index (χ2v) is 4.41. The van der Waals surface area contributed by atoms with Crippen molar-refractivity contribution in [3.8, 4) is 0 Å². The molecule has 0 aromatic heterocycles. The average molecular weight is 231 g/mol. The molecule has 1 aliphatic heterocycles. The summed E-state index contributed by atoms with van der Waals surface area (Å²) in [5.41, 5.74) is 9.45. The molecule has 1 aromatic rings. The summed E-state index contributed by atoms with van der Waals surface area (Å²) in [6.07, 6.45) is 4.59. The van der Waals surface area contributed by atoms with E-state index in [0.717, 1.165) is 5.57 Å². The Labute approximate surface area is 103 Å². The molecule has 0 amide bonds. The van der Waals surface area contributed by atoms with Gasteiger partial charge in [-0.3, -0.25) is 0 Å². The molecule has 0 spiro atoms. The highest BCUT2D eigenvalue weighted by atomic mass is 15.1. The van der Waals surface area contributed by atoms with Gasteiger partial charge in [0.25, 0.3) is 0 Å². The Morgan fingerprint density at radius 3 is 2.82 bits per heavy atom.